The number of benzene rings is 1. The van der Waals surface area contributed by atoms with Crippen molar-refractivity contribution < 1.29 is 4.79 Å². The molecule has 0 spiro atoms. The lowest BCUT2D eigenvalue weighted by Crippen LogP contribution is -2.41. The van der Waals surface area contributed by atoms with E-state index in [9.17, 15) is 4.79 Å². The largest absolute Gasteiger partial charge is 0.324 e. The van der Waals surface area contributed by atoms with E-state index < -0.39 is 6.04 Å². The van der Waals surface area contributed by atoms with E-state index in [1.807, 2.05) is 32.9 Å². The molecular formula is C16H26N2O. The number of rotatable bonds is 5. The van der Waals surface area contributed by atoms with Crippen molar-refractivity contribution in [2.45, 2.75) is 53.0 Å². The lowest BCUT2D eigenvalue weighted by Gasteiger charge is -2.21. The van der Waals surface area contributed by atoms with Crippen LogP contribution in [-0.2, 0) is 4.79 Å². The Labute approximate surface area is 116 Å². The summed E-state index contributed by atoms with van der Waals surface area (Å²) in [5.41, 5.74) is 9.14. The Hall–Kier alpha value is -1.35. The molecule has 1 amide bonds. The lowest BCUT2D eigenvalue weighted by atomic mass is 9.96. The first-order chi connectivity index (χ1) is 8.88. The summed E-state index contributed by atoms with van der Waals surface area (Å²) in [7, 11) is 0. The highest BCUT2D eigenvalue weighted by Gasteiger charge is 2.21. The van der Waals surface area contributed by atoms with Crippen molar-refractivity contribution in [3.05, 3.63) is 29.3 Å². The second-order valence-corrected chi connectivity index (χ2v) is 5.59. The van der Waals surface area contributed by atoms with Crippen LogP contribution in [0.15, 0.2) is 18.2 Å². The fraction of sp³-hybridized carbons (Fsp3) is 0.562. The molecule has 106 valence electrons. The van der Waals surface area contributed by atoms with Crippen LogP contribution in [0.5, 0.6) is 0 Å². The fourth-order valence-electron chi connectivity index (χ4n) is 2.06. The Morgan fingerprint density at radius 2 is 1.95 bits per heavy atom. The van der Waals surface area contributed by atoms with Crippen molar-refractivity contribution in [3.8, 4) is 0 Å². The number of hydrogen-bond donors (Lipinski definition) is 2. The molecule has 1 aromatic carbocycles. The standard InChI is InChI=1S/C16H26N2O/c1-6-11(4)14(17)16(19)18-15-12(5)8-7-9-13(15)10(2)3/h7-11,14H,6,17H2,1-5H3,(H,18,19)/t11?,14-/m0/s1. The van der Waals surface area contributed by atoms with E-state index >= 15 is 0 Å². The van der Waals surface area contributed by atoms with E-state index in [0.29, 0.717) is 5.92 Å². The summed E-state index contributed by atoms with van der Waals surface area (Å²) in [5.74, 6) is 0.465. The topological polar surface area (TPSA) is 55.1 Å². The van der Waals surface area contributed by atoms with Gasteiger partial charge in [0, 0.05) is 5.69 Å². The Morgan fingerprint density at radius 1 is 1.32 bits per heavy atom. The summed E-state index contributed by atoms with van der Waals surface area (Å²) in [6.45, 7) is 10.3. The summed E-state index contributed by atoms with van der Waals surface area (Å²) < 4.78 is 0. The van der Waals surface area contributed by atoms with Crippen LogP contribution in [-0.4, -0.2) is 11.9 Å². The zero-order valence-electron chi connectivity index (χ0n) is 12.7. The molecule has 0 heterocycles. The van der Waals surface area contributed by atoms with Gasteiger partial charge in [-0.15, -0.1) is 0 Å². The fourth-order valence-corrected chi connectivity index (χ4v) is 2.06. The van der Waals surface area contributed by atoms with E-state index in [0.717, 1.165) is 23.2 Å². The van der Waals surface area contributed by atoms with Gasteiger partial charge in [-0.3, -0.25) is 4.79 Å². The van der Waals surface area contributed by atoms with Crippen LogP contribution in [0.3, 0.4) is 0 Å². The molecule has 0 saturated heterocycles. The molecule has 0 aromatic heterocycles. The molecule has 0 aliphatic rings. The quantitative estimate of drug-likeness (QED) is 0.854. The first kappa shape index (κ1) is 15.7. The molecule has 2 atom stereocenters. The molecule has 1 unspecified atom stereocenters. The highest BCUT2D eigenvalue weighted by molar-refractivity contribution is 5.96. The summed E-state index contributed by atoms with van der Waals surface area (Å²) in [4.78, 5) is 12.2. The van der Waals surface area contributed by atoms with Gasteiger partial charge in [-0.1, -0.05) is 52.3 Å². The highest BCUT2D eigenvalue weighted by atomic mass is 16.2. The van der Waals surface area contributed by atoms with Crippen LogP contribution in [0.1, 0.15) is 51.2 Å². The SMILES string of the molecule is CCC(C)[C@H](N)C(=O)Nc1c(C)cccc1C(C)C. The molecule has 1 rings (SSSR count). The minimum atomic E-state index is -0.454. The van der Waals surface area contributed by atoms with E-state index in [4.69, 9.17) is 5.73 Å². The van der Waals surface area contributed by atoms with E-state index in [1.54, 1.807) is 0 Å². The van der Waals surface area contributed by atoms with Gasteiger partial charge in [0.25, 0.3) is 0 Å². The minimum absolute atomic E-state index is 0.0921. The summed E-state index contributed by atoms with van der Waals surface area (Å²) in [5, 5.41) is 3.01. The molecule has 1 aromatic rings. The third-order valence-corrected chi connectivity index (χ3v) is 3.73. The zero-order valence-corrected chi connectivity index (χ0v) is 12.7. The van der Waals surface area contributed by atoms with Crippen molar-refractivity contribution in [1.82, 2.24) is 0 Å². The second-order valence-electron chi connectivity index (χ2n) is 5.59. The Kier molecular flexibility index (Phi) is 5.55. The van der Waals surface area contributed by atoms with Crippen molar-refractivity contribution in [3.63, 3.8) is 0 Å². The van der Waals surface area contributed by atoms with Gasteiger partial charge in [0.2, 0.25) is 5.91 Å². The molecule has 19 heavy (non-hydrogen) atoms. The predicted molar refractivity (Wildman–Crippen MR) is 81.3 cm³/mol. The first-order valence-corrected chi connectivity index (χ1v) is 7.04. The summed E-state index contributed by atoms with van der Waals surface area (Å²) in [6.07, 6.45) is 0.902. The highest BCUT2D eigenvalue weighted by Crippen LogP contribution is 2.27. The van der Waals surface area contributed by atoms with Crippen LogP contribution in [0.2, 0.25) is 0 Å². The van der Waals surface area contributed by atoms with Crippen LogP contribution >= 0.6 is 0 Å². The zero-order chi connectivity index (χ0) is 14.6. The van der Waals surface area contributed by atoms with Gasteiger partial charge in [0.15, 0.2) is 0 Å². The maximum atomic E-state index is 12.2. The van der Waals surface area contributed by atoms with Crippen molar-refractivity contribution in [2.75, 3.05) is 5.32 Å². The molecule has 0 radical (unpaired) electrons. The minimum Gasteiger partial charge on any atom is -0.324 e. The van der Waals surface area contributed by atoms with Gasteiger partial charge in [-0.2, -0.15) is 0 Å². The number of nitrogens with two attached hydrogens (primary N) is 1. The Morgan fingerprint density at radius 3 is 2.47 bits per heavy atom. The molecule has 0 aliphatic carbocycles. The monoisotopic (exact) mass is 262 g/mol. The van der Waals surface area contributed by atoms with Crippen molar-refractivity contribution in [1.29, 1.82) is 0 Å². The van der Waals surface area contributed by atoms with Gasteiger partial charge in [-0.25, -0.2) is 0 Å². The molecule has 0 saturated carbocycles. The molecule has 3 N–H and O–H groups in total. The third kappa shape index (κ3) is 3.80. The Balaban J connectivity index is 2.96. The van der Waals surface area contributed by atoms with Gasteiger partial charge >= 0.3 is 0 Å². The van der Waals surface area contributed by atoms with E-state index in [-0.39, 0.29) is 11.8 Å². The first-order valence-electron chi connectivity index (χ1n) is 7.04. The number of amides is 1. The average molecular weight is 262 g/mol. The van der Waals surface area contributed by atoms with Crippen LogP contribution < -0.4 is 11.1 Å². The maximum absolute atomic E-state index is 12.2. The molecular weight excluding hydrogens is 236 g/mol. The number of hydrogen-bond acceptors (Lipinski definition) is 2. The summed E-state index contributed by atoms with van der Waals surface area (Å²) in [6, 6.07) is 5.64. The molecule has 0 bridgehead atoms. The number of carbonyl (C=O) groups is 1. The lowest BCUT2D eigenvalue weighted by molar-refractivity contribution is -0.118. The number of aryl methyl sites for hydroxylation is 1. The second kappa shape index (κ2) is 6.71. The molecule has 3 heteroatoms. The summed E-state index contributed by atoms with van der Waals surface area (Å²) >= 11 is 0. The normalized spacial score (nSPS) is 14.3. The number of anilines is 1. The van der Waals surface area contributed by atoms with Gasteiger partial charge < -0.3 is 11.1 Å². The molecule has 0 aliphatic heterocycles. The molecule has 3 nitrogen and oxygen atoms in total. The van der Waals surface area contributed by atoms with Crippen molar-refractivity contribution in [2.24, 2.45) is 11.7 Å². The Bertz CT molecular complexity index is 440. The van der Waals surface area contributed by atoms with Crippen LogP contribution in [0.4, 0.5) is 5.69 Å². The van der Waals surface area contributed by atoms with Crippen LogP contribution in [0, 0.1) is 12.8 Å². The van der Waals surface area contributed by atoms with E-state index in [2.05, 4.69) is 25.2 Å². The van der Waals surface area contributed by atoms with Gasteiger partial charge in [0.1, 0.15) is 0 Å². The predicted octanol–water partition coefficient (Wildman–Crippen LogP) is 3.43. The van der Waals surface area contributed by atoms with E-state index in [1.165, 1.54) is 0 Å². The average Bonchev–Trinajstić information content (AvgIpc) is 2.38. The van der Waals surface area contributed by atoms with Crippen LogP contribution in [0.25, 0.3) is 0 Å². The number of nitrogens with one attached hydrogen (secondary N) is 1. The number of para-hydroxylation sites is 1. The van der Waals surface area contributed by atoms with Crippen molar-refractivity contribution >= 4 is 11.6 Å². The number of carbonyl (C=O) groups excluding carboxylic acids is 1. The molecule has 0 fully saturated rings. The van der Waals surface area contributed by atoms with Gasteiger partial charge in [-0.05, 0) is 29.9 Å². The third-order valence-electron chi connectivity index (χ3n) is 3.73. The maximum Gasteiger partial charge on any atom is 0.241 e. The van der Waals surface area contributed by atoms with Gasteiger partial charge in [0.05, 0.1) is 6.04 Å². The smallest absolute Gasteiger partial charge is 0.241 e.